The first-order chi connectivity index (χ1) is 10.7. The van der Waals surface area contributed by atoms with Crippen LogP contribution in [0.5, 0.6) is 0 Å². The summed E-state index contributed by atoms with van der Waals surface area (Å²) in [5.74, 6) is 1.88. The van der Waals surface area contributed by atoms with Gasteiger partial charge in [0.15, 0.2) is 5.58 Å². The summed E-state index contributed by atoms with van der Waals surface area (Å²) >= 11 is 0. The molecule has 108 valence electrons. The molecule has 0 aromatic carbocycles. The van der Waals surface area contributed by atoms with Gasteiger partial charge in [0, 0.05) is 24.0 Å². The van der Waals surface area contributed by atoms with Crippen LogP contribution >= 0.6 is 0 Å². The highest BCUT2D eigenvalue weighted by Gasteiger charge is 2.15. The van der Waals surface area contributed by atoms with E-state index in [0.717, 1.165) is 11.1 Å². The number of hydrogen-bond donors (Lipinski definition) is 1. The fraction of sp³-hybridized carbons (Fsp3) is 0.0667. The minimum absolute atomic E-state index is 0.559. The molecule has 2 N–H and O–H groups in total. The Morgan fingerprint density at radius 1 is 1.23 bits per heavy atom. The van der Waals surface area contributed by atoms with Gasteiger partial charge in [-0.05, 0) is 19.1 Å². The monoisotopic (exact) mass is 292 g/mol. The minimum Gasteiger partial charge on any atom is -0.450 e. The number of hydrogen-bond acceptors (Lipinski definition) is 6. The molecule has 0 fully saturated rings. The summed E-state index contributed by atoms with van der Waals surface area (Å²) in [7, 11) is 0. The lowest BCUT2D eigenvalue weighted by molar-refractivity contribution is 0.621. The van der Waals surface area contributed by atoms with Crippen LogP contribution in [0, 0.1) is 6.92 Å². The maximum Gasteiger partial charge on any atom is 0.201 e. The summed E-state index contributed by atoms with van der Waals surface area (Å²) in [6.07, 6.45) is 6.71. The zero-order valence-corrected chi connectivity index (χ0v) is 11.8. The smallest absolute Gasteiger partial charge is 0.201 e. The van der Waals surface area contributed by atoms with E-state index in [9.17, 15) is 0 Å². The van der Waals surface area contributed by atoms with Crippen molar-refractivity contribution in [2.24, 2.45) is 0 Å². The Morgan fingerprint density at radius 2 is 2.14 bits per heavy atom. The molecule has 4 rings (SSSR count). The number of nitrogen functional groups attached to an aromatic ring is 1. The van der Waals surface area contributed by atoms with E-state index in [1.807, 2.05) is 25.1 Å². The van der Waals surface area contributed by atoms with Crippen molar-refractivity contribution >= 4 is 16.8 Å². The molecular weight excluding hydrogens is 280 g/mol. The Bertz CT molecular complexity index is 957. The van der Waals surface area contributed by atoms with E-state index >= 15 is 0 Å². The molecule has 4 aromatic rings. The minimum atomic E-state index is 0.559. The highest BCUT2D eigenvalue weighted by Crippen LogP contribution is 2.29. The standard InChI is InChI=1S/C15H12N6O/c1-9-19-12-5-13(10-3-2-4-17-6-10)22-14(12)15(20-9)21-8-11(16)7-18-21/h2-8H,16H2,1H3. The molecule has 0 atom stereocenters. The molecule has 0 saturated carbocycles. The molecule has 0 bridgehead atoms. The summed E-state index contributed by atoms with van der Waals surface area (Å²) in [6.45, 7) is 1.83. The zero-order valence-electron chi connectivity index (χ0n) is 11.8. The molecule has 0 aliphatic carbocycles. The number of anilines is 1. The van der Waals surface area contributed by atoms with Crippen molar-refractivity contribution < 1.29 is 4.42 Å². The first-order valence-electron chi connectivity index (χ1n) is 6.70. The fourth-order valence-corrected chi connectivity index (χ4v) is 2.29. The maximum atomic E-state index is 5.94. The molecule has 0 amide bonds. The third-order valence-corrected chi connectivity index (χ3v) is 3.23. The van der Waals surface area contributed by atoms with Gasteiger partial charge < -0.3 is 10.2 Å². The van der Waals surface area contributed by atoms with E-state index in [1.54, 1.807) is 29.5 Å². The summed E-state index contributed by atoms with van der Waals surface area (Å²) in [5.41, 5.74) is 8.45. The third kappa shape index (κ3) is 1.99. The SMILES string of the molecule is Cc1nc(-n2cc(N)cn2)c2oc(-c3cccnc3)cc2n1. The van der Waals surface area contributed by atoms with Crippen LogP contribution in [0.25, 0.3) is 28.2 Å². The molecule has 0 spiro atoms. The third-order valence-electron chi connectivity index (χ3n) is 3.23. The van der Waals surface area contributed by atoms with E-state index in [-0.39, 0.29) is 0 Å². The van der Waals surface area contributed by atoms with E-state index in [0.29, 0.717) is 28.7 Å². The van der Waals surface area contributed by atoms with Crippen LogP contribution in [0.2, 0.25) is 0 Å². The first kappa shape index (κ1) is 12.5. The number of fused-ring (bicyclic) bond motifs is 1. The normalized spacial score (nSPS) is 11.1. The largest absolute Gasteiger partial charge is 0.450 e. The average Bonchev–Trinajstić information content (AvgIpc) is 3.13. The molecule has 0 unspecified atom stereocenters. The lowest BCUT2D eigenvalue weighted by Crippen LogP contribution is -2.01. The van der Waals surface area contributed by atoms with Crippen molar-refractivity contribution in [2.75, 3.05) is 5.73 Å². The van der Waals surface area contributed by atoms with Crippen LogP contribution in [0.1, 0.15) is 5.82 Å². The van der Waals surface area contributed by atoms with Crippen LogP contribution in [0.4, 0.5) is 5.69 Å². The number of rotatable bonds is 2. The highest BCUT2D eigenvalue weighted by atomic mass is 16.3. The van der Waals surface area contributed by atoms with E-state index in [1.165, 1.54) is 0 Å². The Labute approximate surface area is 125 Å². The maximum absolute atomic E-state index is 5.94. The van der Waals surface area contributed by atoms with Crippen molar-refractivity contribution in [1.82, 2.24) is 24.7 Å². The number of nitrogens with two attached hydrogens (primary N) is 1. The molecule has 4 heterocycles. The van der Waals surface area contributed by atoms with E-state index < -0.39 is 0 Å². The van der Waals surface area contributed by atoms with Crippen LogP contribution in [-0.2, 0) is 0 Å². The van der Waals surface area contributed by atoms with Gasteiger partial charge in [0.2, 0.25) is 5.82 Å². The molecule has 4 aromatic heterocycles. The van der Waals surface area contributed by atoms with Crippen molar-refractivity contribution in [3.05, 3.63) is 48.8 Å². The van der Waals surface area contributed by atoms with Gasteiger partial charge in [0.1, 0.15) is 17.1 Å². The van der Waals surface area contributed by atoms with Gasteiger partial charge in [-0.1, -0.05) is 0 Å². The average molecular weight is 292 g/mol. The van der Waals surface area contributed by atoms with Crippen LogP contribution in [0.15, 0.2) is 47.4 Å². The van der Waals surface area contributed by atoms with Gasteiger partial charge in [0.25, 0.3) is 0 Å². The van der Waals surface area contributed by atoms with Crippen molar-refractivity contribution in [1.29, 1.82) is 0 Å². The predicted molar refractivity (Wildman–Crippen MR) is 81.3 cm³/mol. The summed E-state index contributed by atoms with van der Waals surface area (Å²) < 4.78 is 7.52. The second kappa shape index (κ2) is 4.66. The van der Waals surface area contributed by atoms with Gasteiger partial charge >= 0.3 is 0 Å². The summed E-state index contributed by atoms with van der Waals surface area (Å²) in [4.78, 5) is 12.9. The summed E-state index contributed by atoms with van der Waals surface area (Å²) in [5, 5.41) is 4.19. The lowest BCUT2D eigenvalue weighted by atomic mass is 10.2. The van der Waals surface area contributed by atoms with Crippen molar-refractivity contribution in [3.8, 4) is 17.1 Å². The lowest BCUT2D eigenvalue weighted by Gasteiger charge is -2.02. The fourth-order valence-electron chi connectivity index (χ4n) is 2.29. The van der Waals surface area contributed by atoms with E-state index in [4.69, 9.17) is 10.2 Å². The van der Waals surface area contributed by atoms with Crippen molar-refractivity contribution in [3.63, 3.8) is 0 Å². The highest BCUT2D eigenvalue weighted by molar-refractivity contribution is 5.84. The van der Waals surface area contributed by atoms with Gasteiger partial charge in [0.05, 0.1) is 18.1 Å². The Balaban J connectivity index is 1.96. The predicted octanol–water partition coefficient (Wildman–Crippen LogP) is 2.36. The number of nitrogens with zero attached hydrogens (tertiary/aromatic N) is 5. The quantitative estimate of drug-likeness (QED) is 0.609. The first-order valence-corrected chi connectivity index (χ1v) is 6.70. The second-order valence-corrected chi connectivity index (χ2v) is 4.88. The van der Waals surface area contributed by atoms with Crippen molar-refractivity contribution in [2.45, 2.75) is 6.92 Å². The molecule has 7 heteroatoms. The summed E-state index contributed by atoms with van der Waals surface area (Å²) in [6, 6.07) is 5.66. The van der Waals surface area contributed by atoms with Gasteiger partial charge in [-0.3, -0.25) is 4.98 Å². The topological polar surface area (TPSA) is 95.7 Å². The number of furan rings is 1. The molecule has 22 heavy (non-hydrogen) atoms. The molecule has 0 saturated heterocycles. The molecular formula is C15H12N6O. The number of aromatic nitrogens is 5. The molecule has 0 radical (unpaired) electrons. The Kier molecular flexibility index (Phi) is 2.65. The molecule has 7 nitrogen and oxygen atoms in total. The second-order valence-electron chi connectivity index (χ2n) is 4.88. The van der Waals surface area contributed by atoms with Gasteiger partial charge in [-0.15, -0.1) is 0 Å². The number of aryl methyl sites for hydroxylation is 1. The number of pyridine rings is 1. The van der Waals surface area contributed by atoms with Crippen LogP contribution in [0.3, 0.4) is 0 Å². The Morgan fingerprint density at radius 3 is 2.86 bits per heavy atom. The van der Waals surface area contributed by atoms with Crippen LogP contribution in [-0.4, -0.2) is 24.7 Å². The van der Waals surface area contributed by atoms with Crippen LogP contribution < -0.4 is 5.73 Å². The molecule has 0 aliphatic heterocycles. The van der Waals surface area contributed by atoms with Gasteiger partial charge in [-0.25, -0.2) is 14.6 Å². The van der Waals surface area contributed by atoms with E-state index in [2.05, 4.69) is 20.1 Å². The Hall–Kier alpha value is -3.22. The van der Waals surface area contributed by atoms with Gasteiger partial charge in [-0.2, -0.15) is 5.10 Å². The zero-order chi connectivity index (χ0) is 15.1. The molecule has 0 aliphatic rings.